The summed E-state index contributed by atoms with van der Waals surface area (Å²) in [6.07, 6.45) is 1.76. The molecular formula is C21H21BrN2O3S. The standard InChI is InChI=1S/C21H21BrN2O3S/c1-3-24-20(25)17(23-21(24)28)10-15-11-18(26-4-2)19(12-16(15)22)27-13-14-8-6-5-7-9-14/h5-12H,3-4,13H2,1-2H3,(H,23,28)/b17-10-. The Morgan fingerprint density at radius 1 is 1.14 bits per heavy atom. The van der Waals surface area contributed by atoms with Gasteiger partial charge in [-0.05, 0) is 55.4 Å². The van der Waals surface area contributed by atoms with Crippen molar-refractivity contribution < 1.29 is 14.3 Å². The summed E-state index contributed by atoms with van der Waals surface area (Å²) in [5.74, 6) is 1.12. The summed E-state index contributed by atoms with van der Waals surface area (Å²) in [6.45, 7) is 5.27. The van der Waals surface area contributed by atoms with Gasteiger partial charge in [-0.15, -0.1) is 0 Å². The topological polar surface area (TPSA) is 50.8 Å². The van der Waals surface area contributed by atoms with Crippen molar-refractivity contribution in [1.82, 2.24) is 10.2 Å². The molecule has 0 unspecified atom stereocenters. The molecule has 28 heavy (non-hydrogen) atoms. The Hall–Kier alpha value is -2.38. The number of rotatable bonds is 7. The first-order valence-corrected chi connectivity index (χ1v) is 10.2. The molecule has 1 heterocycles. The second-order valence-corrected chi connectivity index (χ2v) is 7.31. The number of ether oxygens (including phenoxy) is 2. The van der Waals surface area contributed by atoms with Crippen LogP contribution < -0.4 is 14.8 Å². The lowest BCUT2D eigenvalue weighted by Gasteiger charge is -2.14. The molecule has 1 aliphatic rings. The van der Waals surface area contributed by atoms with Gasteiger partial charge in [-0.25, -0.2) is 0 Å². The van der Waals surface area contributed by atoms with E-state index in [4.69, 9.17) is 21.7 Å². The van der Waals surface area contributed by atoms with Crippen molar-refractivity contribution in [3.05, 3.63) is 63.8 Å². The Labute approximate surface area is 178 Å². The zero-order valence-electron chi connectivity index (χ0n) is 15.7. The lowest BCUT2D eigenvalue weighted by molar-refractivity contribution is -0.122. The second-order valence-electron chi connectivity index (χ2n) is 6.07. The van der Waals surface area contributed by atoms with Crippen molar-refractivity contribution in [3.8, 4) is 11.5 Å². The predicted octanol–water partition coefficient (Wildman–Crippen LogP) is 4.50. The summed E-state index contributed by atoms with van der Waals surface area (Å²) in [6, 6.07) is 13.6. The molecule has 1 aliphatic heterocycles. The smallest absolute Gasteiger partial charge is 0.276 e. The quantitative estimate of drug-likeness (QED) is 0.486. The van der Waals surface area contributed by atoms with Crippen LogP contribution in [0.5, 0.6) is 11.5 Å². The van der Waals surface area contributed by atoms with E-state index in [1.165, 1.54) is 4.90 Å². The van der Waals surface area contributed by atoms with Crippen LogP contribution >= 0.6 is 28.1 Å². The van der Waals surface area contributed by atoms with Crippen LogP contribution in [-0.4, -0.2) is 29.1 Å². The van der Waals surface area contributed by atoms with Gasteiger partial charge in [0, 0.05) is 11.0 Å². The molecule has 1 N–H and O–H groups in total. The largest absolute Gasteiger partial charge is 0.490 e. The first-order valence-electron chi connectivity index (χ1n) is 9.01. The highest BCUT2D eigenvalue weighted by atomic mass is 79.9. The molecule has 146 valence electrons. The van der Waals surface area contributed by atoms with E-state index in [1.807, 2.05) is 56.3 Å². The normalized spacial score (nSPS) is 15.1. The van der Waals surface area contributed by atoms with Crippen LogP contribution in [0.4, 0.5) is 0 Å². The highest BCUT2D eigenvalue weighted by molar-refractivity contribution is 9.10. The van der Waals surface area contributed by atoms with Crippen molar-refractivity contribution >= 4 is 45.2 Å². The summed E-state index contributed by atoms with van der Waals surface area (Å²) in [5, 5.41) is 3.39. The van der Waals surface area contributed by atoms with Crippen LogP contribution in [-0.2, 0) is 11.4 Å². The summed E-state index contributed by atoms with van der Waals surface area (Å²) < 4.78 is 12.5. The SMILES string of the molecule is CCOc1cc(/C=C2\NC(=S)N(CC)C2=O)c(Br)cc1OCc1ccccc1. The molecule has 1 fully saturated rings. The molecule has 0 radical (unpaired) electrons. The summed E-state index contributed by atoms with van der Waals surface area (Å²) in [5.41, 5.74) is 2.31. The summed E-state index contributed by atoms with van der Waals surface area (Å²) in [7, 11) is 0. The number of nitrogens with zero attached hydrogens (tertiary/aromatic N) is 1. The fraction of sp³-hybridized carbons (Fsp3) is 0.238. The van der Waals surface area contributed by atoms with E-state index in [-0.39, 0.29) is 5.91 Å². The van der Waals surface area contributed by atoms with E-state index in [1.54, 1.807) is 6.08 Å². The number of halogens is 1. The first kappa shape index (κ1) is 20.4. The third-order valence-electron chi connectivity index (χ3n) is 4.18. The lowest BCUT2D eigenvalue weighted by atomic mass is 10.1. The maximum atomic E-state index is 12.4. The van der Waals surface area contributed by atoms with Crippen molar-refractivity contribution in [2.24, 2.45) is 0 Å². The van der Waals surface area contributed by atoms with E-state index < -0.39 is 0 Å². The molecule has 1 saturated heterocycles. The van der Waals surface area contributed by atoms with E-state index >= 15 is 0 Å². The van der Waals surface area contributed by atoms with Gasteiger partial charge in [-0.1, -0.05) is 46.3 Å². The third kappa shape index (κ3) is 4.54. The molecule has 7 heteroatoms. The van der Waals surface area contributed by atoms with Crippen molar-refractivity contribution in [2.75, 3.05) is 13.2 Å². The maximum absolute atomic E-state index is 12.4. The van der Waals surface area contributed by atoms with Gasteiger partial charge in [0.15, 0.2) is 16.6 Å². The van der Waals surface area contributed by atoms with Gasteiger partial charge in [-0.3, -0.25) is 9.69 Å². The molecular weight excluding hydrogens is 440 g/mol. The van der Waals surface area contributed by atoms with Crippen LogP contribution in [0.2, 0.25) is 0 Å². The Morgan fingerprint density at radius 2 is 1.86 bits per heavy atom. The average Bonchev–Trinajstić information content (AvgIpc) is 2.96. The number of carbonyl (C=O) groups is 1. The summed E-state index contributed by atoms with van der Waals surface area (Å²) >= 11 is 8.78. The van der Waals surface area contributed by atoms with E-state index in [2.05, 4.69) is 21.2 Å². The van der Waals surface area contributed by atoms with E-state index in [9.17, 15) is 4.79 Å². The number of thiocarbonyl (C=S) groups is 1. The van der Waals surface area contributed by atoms with Crippen LogP contribution in [0.1, 0.15) is 25.0 Å². The molecule has 0 atom stereocenters. The van der Waals surface area contributed by atoms with Gasteiger partial charge in [0.1, 0.15) is 12.3 Å². The number of hydrogen-bond donors (Lipinski definition) is 1. The molecule has 0 saturated carbocycles. The fourth-order valence-electron chi connectivity index (χ4n) is 2.79. The minimum Gasteiger partial charge on any atom is -0.490 e. The third-order valence-corrected chi connectivity index (χ3v) is 5.19. The maximum Gasteiger partial charge on any atom is 0.276 e. The monoisotopic (exact) mass is 460 g/mol. The number of amides is 1. The molecule has 1 amide bonds. The van der Waals surface area contributed by atoms with E-state index in [0.29, 0.717) is 42.1 Å². The fourth-order valence-corrected chi connectivity index (χ4v) is 3.55. The molecule has 0 bridgehead atoms. The molecule has 2 aromatic carbocycles. The molecule has 0 aliphatic carbocycles. The number of carbonyl (C=O) groups excluding carboxylic acids is 1. The minimum atomic E-state index is -0.137. The average molecular weight is 461 g/mol. The van der Waals surface area contributed by atoms with Crippen molar-refractivity contribution in [3.63, 3.8) is 0 Å². The lowest BCUT2D eigenvalue weighted by Crippen LogP contribution is -2.30. The minimum absolute atomic E-state index is 0.137. The van der Waals surface area contributed by atoms with Crippen LogP contribution in [0.3, 0.4) is 0 Å². The molecule has 3 rings (SSSR count). The predicted molar refractivity (Wildman–Crippen MR) is 117 cm³/mol. The highest BCUT2D eigenvalue weighted by Gasteiger charge is 2.29. The van der Waals surface area contributed by atoms with Gasteiger partial charge in [0.2, 0.25) is 0 Å². The van der Waals surface area contributed by atoms with Gasteiger partial charge >= 0.3 is 0 Å². The molecule has 5 nitrogen and oxygen atoms in total. The number of hydrogen-bond acceptors (Lipinski definition) is 4. The highest BCUT2D eigenvalue weighted by Crippen LogP contribution is 2.35. The van der Waals surface area contributed by atoms with Gasteiger partial charge < -0.3 is 14.8 Å². The van der Waals surface area contributed by atoms with Gasteiger partial charge in [-0.2, -0.15) is 0 Å². The second kappa shape index (κ2) is 9.21. The van der Waals surface area contributed by atoms with Gasteiger partial charge in [0.05, 0.1) is 6.61 Å². The number of nitrogens with one attached hydrogen (secondary N) is 1. The Kier molecular flexibility index (Phi) is 6.70. The van der Waals surface area contributed by atoms with Crippen molar-refractivity contribution in [2.45, 2.75) is 20.5 Å². The summed E-state index contributed by atoms with van der Waals surface area (Å²) in [4.78, 5) is 14.0. The number of likely N-dealkylation sites (N-methyl/N-ethyl adjacent to an activating group) is 1. The van der Waals surface area contributed by atoms with Crippen LogP contribution in [0, 0.1) is 0 Å². The first-order chi connectivity index (χ1) is 13.5. The van der Waals surface area contributed by atoms with Gasteiger partial charge in [0.25, 0.3) is 5.91 Å². The Balaban J connectivity index is 1.87. The molecule has 0 spiro atoms. The zero-order valence-corrected chi connectivity index (χ0v) is 18.1. The van der Waals surface area contributed by atoms with Crippen molar-refractivity contribution in [1.29, 1.82) is 0 Å². The molecule has 0 aromatic heterocycles. The van der Waals surface area contributed by atoms with Crippen LogP contribution in [0.15, 0.2) is 52.6 Å². The van der Waals surface area contributed by atoms with E-state index in [0.717, 1.165) is 15.6 Å². The number of benzene rings is 2. The zero-order chi connectivity index (χ0) is 20.1. The Bertz CT molecular complexity index is 915. The molecule has 2 aromatic rings. The van der Waals surface area contributed by atoms with Crippen LogP contribution in [0.25, 0.3) is 6.08 Å². The Morgan fingerprint density at radius 3 is 2.50 bits per heavy atom.